The van der Waals surface area contributed by atoms with Crippen molar-refractivity contribution in [1.82, 2.24) is 5.32 Å². The summed E-state index contributed by atoms with van der Waals surface area (Å²) in [6.45, 7) is 19.3. The molecule has 1 N–H and O–H groups in total. The lowest BCUT2D eigenvalue weighted by molar-refractivity contribution is -0.270. The predicted molar refractivity (Wildman–Crippen MR) is 301 cm³/mol. The molecule has 1 fully saturated rings. The Bertz CT molecular complexity index is 1750. The number of amides is 1. The average molecular weight is 1120 g/mol. The summed E-state index contributed by atoms with van der Waals surface area (Å²) in [5.74, 6) is 0.474. The summed E-state index contributed by atoms with van der Waals surface area (Å²) in [5.41, 5.74) is 0. The summed E-state index contributed by atoms with van der Waals surface area (Å²) in [4.78, 5) is 13.7. The summed E-state index contributed by atoms with van der Waals surface area (Å²) in [7, 11) is -7.09. The zero-order chi connectivity index (χ0) is 53.4. The Labute approximate surface area is 457 Å². The van der Waals surface area contributed by atoms with Crippen LogP contribution in [0.15, 0.2) is 73.3 Å². The molecule has 1 aliphatic rings. The van der Waals surface area contributed by atoms with E-state index in [0.29, 0.717) is 13.0 Å². The van der Waals surface area contributed by atoms with Crippen molar-refractivity contribution in [1.29, 1.82) is 0 Å². The third-order valence-corrected chi connectivity index (χ3v) is 19.7. The smallest absolute Gasteiger partial charge is 0.445 e. The molecule has 73 heavy (non-hydrogen) atoms. The predicted octanol–water partition coefficient (Wildman–Crippen LogP) is 17.1. The molecule has 0 spiro atoms. The number of halogens is 3. The van der Waals surface area contributed by atoms with Crippen LogP contribution in [0.2, 0.25) is 18.1 Å². The number of alkyl halides is 3. The average Bonchev–Trinajstić information content (AvgIpc) is 3.34. The highest BCUT2D eigenvalue weighted by molar-refractivity contribution is 7.49. The van der Waals surface area contributed by atoms with Gasteiger partial charge in [-0.1, -0.05) is 227 Å². The molecular formula is C56H93Cl3NO11PSi. The Morgan fingerprint density at radius 1 is 0.726 bits per heavy atom. The molecule has 0 radical (unpaired) electrons. The third kappa shape index (κ3) is 27.8. The normalized spacial score (nSPS) is 19.1. The number of unbranched alkanes of at least 4 members (excludes halogenated alkanes) is 17. The number of hydrogen-bond donors (Lipinski definition) is 1. The van der Waals surface area contributed by atoms with Crippen LogP contribution in [0.1, 0.15) is 169 Å². The van der Waals surface area contributed by atoms with Gasteiger partial charge in [0.25, 0.3) is 0 Å². The molecule has 1 amide bonds. The van der Waals surface area contributed by atoms with Crippen molar-refractivity contribution in [3.05, 3.63) is 73.3 Å². The summed E-state index contributed by atoms with van der Waals surface area (Å²) in [5, 5.41) is 2.68. The van der Waals surface area contributed by atoms with Crippen LogP contribution in [-0.2, 0) is 37.2 Å². The minimum atomic E-state index is -4.64. The summed E-state index contributed by atoms with van der Waals surface area (Å²) in [6, 6.07) is 16.1. The largest absolute Gasteiger partial charge is 0.588 e. The van der Waals surface area contributed by atoms with Gasteiger partial charge in [0, 0.05) is 13.2 Å². The highest BCUT2D eigenvalue weighted by atomic mass is 35.6. The van der Waals surface area contributed by atoms with Crippen LogP contribution in [-0.4, -0.2) is 88.0 Å². The zero-order valence-electron chi connectivity index (χ0n) is 45.5. The van der Waals surface area contributed by atoms with Crippen LogP contribution in [0, 0.1) is 0 Å². The van der Waals surface area contributed by atoms with Gasteiger partial charge in [0.05, 0.1) is 19.3 Å². The van der Waals surface area contributed by atoms with Crippen molar-refractivity contribution >= 4 is 57.0 Å². The van der Waals surface area contributed by atoms with E-state index in [4.69, 9.17) is 76.5 Å². The minimum absolute atomic E-state index is 0.0146. The van der Waals surface area contributed by atoms with Gasteiger partial charge < -0.3 is 42.5 Å². The van der Waals surface area contributed by atoms with Crippen LogP contribution in [0.25, 0.3) is 0 Å². The number of ether oxygens (including phenoxy) is 5. The molecule has 1 heterocycles. The first-order chi connectivity index (χ1) is 34.9. The van der Waals surface area contributed by atoms with Crippen molar-refractivity contribution in [3.63, 3.8) is 0 Å². The zero-order valence-corrected chi connectivity index (χ0v) is 49.6. The van der Waals surface area contributed by atoms with Gasteiger partial charge in [-0.15, -0.1) is 6.58 Å². The van der Waals surface area contributed by atoms with Crippen molar-refractivity contribution in [3.8, 4) is 11.5 Å². The molecule has 2 aromatic carbocycles. The van der Waals surface area contributed by atoms with Gasteiger partial charge in [0.2, 0.25) is 3.79 Å². The number of nitrogens with one attached hydrogen (secondary N) is 1. The van der Waals surface area contributed by atoms with Crippen LogP contribution in [0.3, 0.4) is 0 Å². The Balaban J connectivity index is 2.01. The summed E-state index contributed by atoms with van der Waals surface area (Å²) >= 11 is 18.0. The highest BCUT2D eigenvalue weighted by Crippen LogP contribution is 2.53. The number of alkyl carbamates (subject to hydrolysis) is 1. The molecule has 17 heteroatoms. The second-order valence-electron chi connectivity index (χ2n) is 20.8. The number of phosphoric acid groups is 1. The van der Waals surface area contributed by atoms with E-state index >= 15 is 4.57 Å². The Morgan fingerprint density at radius 3 is 1.73 bits per heavy atom. The minimum Gasteiger partial charge on any atom is -0.445 e. The molecule has 0 aliphatic carbocycles. The first kappa shape index (κ1) is 65.4. The van der Waals surface area contributed by atoms with Gasteiger partial charge in [-0.2, -0.15) is 0 Å². The molecule has 12 nitrogen and oxygen atoms in total. The maximum atomic E-state index is 15.4. The topological polar surface area (TPSA) is 129 Å². The van der Waals surface area contributed by atoms with Gasteiger partial charge in [-0.25, -0.2) is 9.36 Å². The maximum absolute atomic E-state index is 15.4. The molecule has 1 aliphatic heterocycles. The van der Waals surface area contributed by atoms with E-state index in [0.717, 1.165) is 32.1 Å². The van der Waals surface area contributed by atoms with Crippen LogP contribution in [0.4, 0.5) is 4.79 Å². The molecule has 2 aromatic rings. The molecule has 0 aromatic heterocycles. The number of hydrogen-bond acceptors (Lipinski definition) is 11. The van der Waals surface area contributed by atoms with Crippen molar-refractivity contribution < 1.29 is 51.0 Å². The van der Waals surface area contributed by atoms with Gasteiger partial charge in [0.15, 0.2) is 14.6 Å². The molecule has 418 valence electrons. The summed E-state index contributed by atoms with van der Waals surface area (Å²) in [6.07, 6.45) is 20.8. The molecular weight excluding hydrogens is 1030 g/mol. The number of carbonyl (C=O) groups excluding carboxylic acids is 1. The number of benzene rings is 2. The number of rotatable bonds is 40. The fourth-order valence-corrected chi connectivity index (χ4v) is 10.9. The van der Waals surface area contributed by atoms with Gasteiger partial charge >= 0.3 is 13.9 Å². The lowest BCUT2D eigenvalue weighted by Crippen LogP contribution is -2.66. The fourth-order valence-electron chi connectivity index (χ4n) is 8.25. The molecule has 6 atom stereocenters. The monoisotopic (exact) mass is 1120 g/mol. The van der Waals surface area contributed by atoms with E-state index in [9.17, 15) is 4.79 Å². The second kappa shape index (κ2) is 36.3. The van der Waals surface area contributed by atoms with Crippen molar-refractivity contribution in [2.24, 2.45) is 0 Å². The Kier molecular flexibility index (Phi) is 32.5. The van der Waals surface area contributed by atoms with E-state index in [1.165, 1.54) is 96.3 Å². The summed E-state index contributed by atoms with van der Waals surface area (Å²) < 4.78 is 71.4. The number of para-hydroxylation sites is 2. The van der Waals surface area contributed by atoms with Gasteiger partial charge in [-0.05, 0) is 61.7 Å². The fraction of sp³-hybridized carbons (Fsp3) is 0.732. The molecule has 0 saturated carbocycles. The third-order valence-electron chi connectivity index (χ3n) is 13.5. The van der Waals surface area contributed by atoms with Crippen LogP contribution >= 0.6 is 42.6 Å². The van der Waals surface area contributed by atoms with Crippen molar-refractivity contribution in [2.75, 3.05) is 33.0 Å². The molecule has 3 rings (SSSR count). The van der Waals surface area contributed by atoms with E-state index in [2.05, 4.69) is 59.6 Å². The quantitative estimate of drug-likeness (QED) is 0.0225. The van der Waals surface area contributed by atoms with E-state index < -0.39 is 63.3 Å². The standard InChI is InChI=1S/C56H93Cl3NO11PSi/c1-9-12-14-16-18-20-22-24-26-34-42-63-46(35-29-25-23-21-19-17-15-13-10-2)40-43-64-52-50(60-54(61)66-45-56(57,58)59)53(65-41-11-3)68-49(44-67-73(7,8)55(4,5)6)51(52)71-72(62,69-47-36-30-27-31-37-47)70-48-38-32-28-33-39-48/h11,27-28,30-33,36-39,46,49-53H,3,9-10,12-26,29,34-35,40-45H2,1-2,4-8H3,(H,60,61)/t46-,49+,50-,51+,52+,53-/m0/s1. The number of carbonyl (C=O) groups is 1. The first-order valence-corrected chi connectivity index (χ1v) is 32.9. The first-order valence-electron chi connectivity index (χ1n) is 27.4. The van der Waals surface area contributed by atoms with E-state index in [-0.39, 0.29) is 42.5 Å². The van der Waals surface area contributed by atoms with Crippen LogP contribution < -0.4 is 14.4 Å². The number of phosphoric ester groups is 1. The Hall–Kier alpha value is -1.87. The lowest BCUT2D eigenvalue weighted by atomic mass is 9.96. The SMILES string of the molecule is C=CCO[C@H]1O[C@H](CO[Si](C)(C)C(C)(C)C)[C@@H](OP(=O)(Oc2ccccc2)Oc2ccccc2)[C@H](OCC[C@H](CCCCCCCCCCC)OCCCCCCCCCCCC)[C@@H]1NC(=O)OCC(Cl)(Cl)Cl. The van der Waals surface area contributed by atoms with E-state index in [1.807, 2.05) is 12.1 Å². The highest BCUT2D eigenvalue weighted by Gasteiger charge is 2.54. The lowest BCUT2D eigenvalue weighted by Gasteiger charge is -2.47. The van der Waals surface area contributed by atoms with Gasteiger partial charge in [0.1, 0.15) is 42.5 Å². The van der Waals surface area contributed by atoms with Crippen molar-refractivity contribution in [2.45, 2.75) is 228 Å². The van der Waals surface area contributed by atoms with E-state index in [1.54, 1.807) is 54.6 Å². The molecule has 0 bridgehead atoms. The Morgan fingerprint density at radius 2 is 1.23 bits per heavy atom. The van der Waals surface area contributed by atoms with Crippen LogP contribution in [0.5, 0.6) is 11.5 Å². The molecule has 0 unspecified atom stereocenters. The maximum Gasteiger partial charge on any atom is 0.588 e. The second-order valence-corrected chi connectivity index (χ2v) is 29.6. The van der Waals surface area contributed by atoms with Gasteiger partial charge in [-0.3, -0.25) is 4.52 Å². The molecule has 1 saturated heterocycles.